The summed E-state index contributed by atoms with van der Waals surface area (Å²) in [5.74, 6) is -1.98. The van der Waals surface area contributed by atoms with E-state index in [-0.39, 0.29) is 25.4 Å². The minimum atomic E-state index is -1.34. The van der Waals surface area contributed by atoms with Gasteiger partial charge in [-0.2, -0.15) is 0 Å². The molecule has 7 atom stereocenters. The number of rotatable bonds is 15. The molecule has 35 heavy (non-hydrogen) atoms. The SMILES string of the molecule is CC(=O)N[C@@H](C)C(=O)N[C@@H](CCC(N)=O)C(=O)NCCCCCCO[C@H]1O[C@@H](C)[C@@H](O)[C@@H](O)[C@@H]1O. The van der Waals surface area contributed by atoms with Crippen molar-refractivity contribution in [3.8, 4) is 0 Å². The van der Waals surface area contributed by atoms with Crippen LogP contribution in [-0.4, -0.2) is 94.9 Å². The van der Waals surface area contributed by atoms with Crippen LogP contribution in [0.2, 0.25) is 0 Å². The number of hydrogen-bond acceptors (Lipinski definition) is 9. The number of aliphatic hydroxyl groups excluding tert-OH is 3. The molecule has 4 amide bonds. The first kappa shape index (κ1) is 30.7. The number of nitrogens with two attached hydrogens (primary N) is 1. The fraction of sp³-hybridized carbons (Fsp3) is 0.818. The van der Waals surface area contributed by atoms with Crippen molar-refractivity contribution in [3.63, 3.8) is 0 Å². The molecule has 0 spiro atoms. The molecule has 202 valence electrons. The molecule has 1 aliphatic rings. The van der Waals surface area contributed by atoms with Crippen LogP contribution < -0.4 is 21.7 Å². The highest BCUT2D eigenvalue weighted by Crippen LogP contribution is 2.22. The van der Waals surface area contributed by atoms with E-state index in [1.807, 2.05) is 0 Å². The summed E-state index contributed by atoms with van der Waals surface area (Å²) in [5.41, 5.74) is 5.16. The summed E-state index contributed by atoms with van der Waals surface area (Å²) in [6.07, 6.45) is -2.69. The molecule has 0 radical (unpaired) electrons. The second-order valence-electron chi connectivity index (χ2n) is 8.75. The van der Waals surface area contributed by atoms with Crippen molar-refractivity contribution in [2.45, 2.75) is 102 Å². The van der Waals surface area contributed by atoms with E-state index < -0.39 is 60.5 Å². The Kier molecular flexibility index (Phi) is 13.7. The van der Waals surface area contributed by atoms with Crippen molar-refractivity contribution in [3.05, 3.63) is 0 Å². The van der Waals surface area contributed by atoms with Crippen LogP contribution in [0.5, 0.6) is 0 Å². The standard InChI is InChI=1S/C22H40N4O9/c1-12(25-14(3)27)20(32)26-15(8-9-16(23)28)21(33)24-10-6-4-5-7-11-34-22-19(31)18(30)17(29)13(2)35-22/h12-13,15,17-19,22,29-31H,4-11H2,1-3H3,(H2,23,28)(H,24,33)(H,25,27)(H,26,32)/t12-,13-,15-,17+,18+,19-,22-/m0/s1. The van der Waals surface area contributed by atoms with Crippen LogP contribution in [0.3, 0.4) is 0 Å². The van der Waals surface area contributed by atoms with Gasteiger partial charge in [0, 0.05) is 26.5 Å². The molecule has 0 aliphatic carbocycles. The van der Waals surface area contributed by atoms with E-state index >= 15 is 0 Å². The molecule has 13 nitrogen and oxygen atoms in total. The van der Waals surface area contributed by atoms with Crippen molar-refractivity contribution in [1.82, 2.24) is 16.0 Å². The zero-order valence-corrected chi connectivity index (χ0v) is 20.6. The van der Waals surface area contributed by atoms with Gasteiger partial charge in [0.25, 0.3) is 0 Å². The normalized spacial score (nSPS) is 25.8. The second-order valence-corrected chi connectivity index (χ2v) is 8.75. The molecule has 0 bridgehead atoms. The average Bonchev–Trinajstić information content (AvgIpc) is 2.79. The molecule has 1 aliphatic heterocycles. The zero-order chi connectivity index (χ0) is 26.5. The zero-order valence-electron chi connectivity index (χ0n) is 20.6. The maximum absolute atomic E-state index is 12.5. The first-order chi connectivity index (χ1) is 16.4. The number of carbonyl (C=O) groups is 4. The summed E-state index contributed by atoms with van der Waals surface area (Å²) in [4.78, 5) is 46.9. The third-order valence-corrected chi connectivity index (χ3v) is 5.59. The largest absolute Gasteiger partial charge is 0.388 e. The highest BCUT2D eigenvalue weighted by molar-refractivity contribution is 5.91. The van der Waals surface area contributed by atoms with Crippen LogP contribution in [0, 0.1) is 0 Å². The summed E-state index contributed by atoms with van der Waals surface area (Å²) < 4.78 is 10.8. The fourth-order valence-electron chi connectivity index (χ4n) is 3.49. The van der Waals surface area contributed by atoms with Crippen LogP contribution in [0.25, 0.3) is 0 Å². The van der Waals surface area contributed by atoms with Crippen molar-refractivity contribution in [2.24, 2.45) is 5.73 Å². The number of primary amides is 1. The molecule has 1 heterocycles. The number of amides is 4. The Morgan fingerprint density at radius 2 is 1.63 bits per heavy atom. The van der Waals surface area contributed by atoms with Crippen molar-refractivity contribution >= 4 is 23.6 Å². The van der Waals surface area contributed by atoms with Crippen LogP contribution in [0.15, 0.2) is 0 Å². The summed E-state index contributed by atoms with van der Waals surface area (Å²) >= 11 is 0. The minimum Gasteiger partial charge on any atom is -0.388 e. The summed E-state index contributed by atoms with van der Waals surface area (Å²) in [5, 5.41) is 37.1. The number of aliphatic hydroxyl groups is 3. The summed E-state index contributed by atoms with van der Waals surface area (Å²) in [6, 6.07) is -1.80. The van der Waals surface area contributed by atoms with Crippen molar-refractivity contribution < 1.29 is 44.0 Å². The van der Waals surface area contributed by atoms with E-state index in [1.54, 1.807) is 6.92 Å². The molecule has 0 aromatic heterocycles. The van der Waals surface area contributed by atoms with E-state index in [1.165, 1.54) is 13.8 Å². The first-order valence-electron chi connectivity index (χ1n) is 11.9. The number of carbonyl (C=O) groups excluding carboxylic acids is 4. The lowest BCUT2D eigenvalue weighted by Crippen LogP contribution is -2.57. The number of nitrogens with one attached hydrogen (secondary N) is 3. The lowest BCUT2D eigenvalue weighted by Gasteiger charge is -2.38. The first-order valence-corrected chi connectivity index (χ1v) is 11.9. The maximum atomic E-state index is 12.5. The lowest BCUT2D eigenvalue weighted by atomic mass is 10.0. The molecule has 0 unspecified atom stereocenters. The quantitative estimate of drug-likeness (QED) is 0.120. The third-order valence-electron chi connectivity index (χ3n) is 5.59. The molecule has 0 aromatic rings. The summed E-state index contributed by atoms with van der Waals surface area (Å²) in [7, 11) is 0. The Bertz CT molecular complexity index is 708. The van der Waals surface area contributed by atoms with E-state index in [0.29, 0.717) is 19.4 Å². The van der Waals surface area contributed by atoms with Crippen LogP contribution in [-0.2, 0) is 28.7 Å². The van der Waals surface area contributed by atoms with Gasteiger partial charge in [0.05, 0.1) is 6.10 Å². The number of ether oxygens (including phenoxy) is 2. The van der Waals surface area contributed by atoms with Gasteiger partial charge < -0.3 is 46.5 Å². The van der Waals surface area contributed by atoms with Gasteiger partial charge in [0.15, 0.2) is 6.29 Å². The minimum absolute atomic E-state index is 0.0382. The molecule has 1 saturated heterocycles. The van der Waals surface area contributed by atoms with Crippen molar-refractivity contribution in [2.75, 3.05) is 13.2 Å². The van der Waals surface area contributed by atoms with Crippen LogP contribution in [0.1, 0.15) is 59.3 Å². The maximum Gasteiger partial charge on any atom is 0.242 e. The monoisotopic (exact) mass is 504 g/mol. The van der Waals surface area contributed by atoms with Gasteiger partial charge in [-0.15, -0.1) is 0 Å². The predicted molar refractivity (Wildman–Crippen MR) is 123 cm³/mol. The molecular formula is C22H40N4O9. The van der Waals surface area contributed by atoms with Gasteiger partial charge in [-0.05, 0) is 33.1 Å². The summed E-state index contributed by atoms with van der Waals surface area (Å²) in [6.45, 7) is 4.98. The fourth-order valence-corrected chi connectivity index (χ4v) is 3.49. The van der Waals surface area contributed by atoms with Gasteiger partial charge in [-0.25, -0.2) is 0 Å². The Balaban J connectivity index is 2.30. The Morgan fingerprint density at radius 3 is 2.26 bits per heavy atom. The molecule has 13 heteroatoms. The third kappa shape index (κ3) is 11.3. The van der Waals surface area contributed by atoms with E-state index in [0.717, 1.165) is 12.8 Å². The number of unbranched alkanes of at least 4 members (excludes halogenated alkanes) is 3. The van der Waals surface area contributed by atoms with Crippen LogP contribution in [0.4, 0.5) is 0 Å². The lowest BCUT2D eigenvalue weighted by molar-refractivity contribution is -0.293. The van der Waals surface area contributed by atoms with E-state index in [9.17, 15) is 34.5 Å². The predicted octanol–water partition coefficient (Wildman–Crippen LogP) is -2.22. The van der Waals surface area contributed by atoms with Crippen LogP contribution >= 0.6 is 0 Å². The van der Waals surface area contributed by atoms with Gasteiger partial charge in [0.1, 0.15) is 30.4 Å². The number of hydrogen-bond donors (Lipinski definition) is 7. The molecule has 1 rings (SSSR count). The van der Waals surface area contributed by atoms with E-state index in [2.05, 4.69) is 16.0 Å². The Morgan fingerprint density at radius 1 is 0.971 bits per heavy atom. The van der Waals surface area contributed by atoms with Gasteiger partial charge in [0.2, 0.25) is 23.6 Å². The van der Waals surface area contributed by atoms with Gasteiger partial charge in [-0.3, -0.25) is 19.2 Å². The topological polar surface area (TPSA) is 210 Å². The second kappa shape index (κ2) is 15.6. The highest BCUT2D eigenvalue weighted by Gasteiger charge is 2.42. The smallest absolute Gasteiger partial charge is 0.242 e. The Labute approximate surface area is 205 Å². The average molecular weight is 505 g/mol. The van der Waals surface area contributed by atoms with Gasteiger partial charge in [-0.1, -0.05) is 12.8 Å². The molecule has 1 fully saturated rings. The Hall–Kier alpha value is -2.32. The highest BCUT2D eigenvalue weighted by atomic mass is 16.7. The molecule has 8 N–H and O–H groups in total. The van der Waals surface area contributed by atoms with Crippen molar-refractivity contribution in [1.29, 1.82) is 0 Å². The molecular weight excluding hydrogens is 464 g/mol. The molecule has 0 saturated carbocycles. The molecule has 0 aromatic carbocycles. The van der Waals surface area contributed by atoms with E-state index in [4.69, 9.17) is 15.2 Å². The van der Waals surface area contributed by atoms with Gasteiger partial charge >= 0.3 is 0 Å².